The van der Waals surface area contributed by atoms with Gasteiger partial charge in [-0.05, 0) is 32.0 Å². The summed E-state index contributed by atoms with van der Waals surface area (Å²) in [4.78, 5) is 25.9. The number of aromatic nitrogens is 3. The normalized spacial score (nSPS) is 10.9. The maximum Gasteiger partial charge on any atom is 0.234 e. The van der Waals surface area contributed by atoms with Crippen molar-refractivity contribution in [3.8, 4) is 11.3 Å². The maximum absolute atomic E-state index is 12.5. The number of carbonyl (C=O) groups is 1. The molecule has 0 aliphatic carbocycles. The molecule has 0 saturated carbocycles. The SMILES string of the molecule is Cc1nc(SCC(=O)Nc2cccc(-c3csc(C)n3)c2)c2ccccc2n1. The van der Waals surface area contributed by atoms with Gasteiger partial charge in [0.25, 0.3) is 0 Å². The highest BCUT2D eigenvalue weighted by atomic mass is 32.2. The first-order chi connectivity index (χ1) is 13.6. The second-order valence-corrected chi connectivity index (χ2v) is 8.29. The van der Waals surface area contributed by atoms with Crippen LogP contribution in [0, 0.1) is 13.8 Å². The van der Waals surface area contributed by atoms with Gasteiger partial charge in [-0.2, -0.15) is 0 Å². The average molecular weight is 407 g/mol. The van der Waals surface area contributed by atoms with Crippen molar-refractivity contribution in [2.24, 2.45) is 0 Å². The quantitative estimate of drug-likeness (QED) is 0.369. The zero-order valence-corrected chi connectivity index (χ0v) is 17.1. The lowest BCUT2D eigenvalue weighted by Gasteiger charge is -2.08. The van der Waals surface area contributed by atoms with E-state index in [0.717, 1.165) is 37.9 Å². The van der Waals surface area contributed by atoms with Crippen LogP contribution in [0.3, 0.4) is 0 Å². The molecule has 0 fully saturated rings. The van der Waals surface area contributed by atoms with Gasteiger partial charge in [-0.1, -0.05) is 42.1 Å². The Hall–Kier alpha value is -2.77. The number of rotatable bonds is 5. The summed E-state index contributed by atoms with van der Waals surface area (Å²) in [5.74, 6) is 0.908. The Kier molecular flexibility index (Phi) is 5.36. The van der Waals surface area contributed by atoms with Gasteiger partial charge in [-0.15, -0.1) is 11.3 Å². The van der Waals surface area contributed by atoms with E-state index in [1.165, 1.54) is 11.8 Å². The van der Waals surface area contributed by atoms with E-state index in [4.69, 9.17) is 0 Å². The Labute approximate surface area is 171 Å². The minimum Gasteiger partial charge on any atom is -0.325 e. The molecule has 0 spiro atoms. The third kappa shape index (κ3) is 4.21. The molecule has 0 radical (unpaired) electrons. The summed E-state index contributed by atoms with van der Waals surface area (Å²) in [6.45, 7) is 3.85. The van der Waals surface area contributed by atoms with Crippen LogP contribution in [-0.4, -0.2) is 26.6 Å². The minimum absolute atomic E-state index is 0.0723. The van der Waals surface area contributed by atoms with Crippen molar-refractivity contribution >= 4 is 45.6 Å². The number of hydrogen-bond acceptors (Lipinski definition) is 6. The molecule has 1 N–H and O–H groups in total. The summed E-state index contributed by atoms with van der Waals surface area (Å²) >= 11 is 3.03. The van der Waals surface area contributed by atoms with E-state index in [-0.39, 0.29) is 11.7 Å². The van der Waals surface area contributed by atoms with Crippen LogP contribution in [0.5, 0.6) is 0 Å². The van der Waals surface area contributed by atoms with Gasteiger partial charge in [-0.25, -0.2) is 15.0 Å². The Morgan fingerprint density at radius 2 is 1.93 bits per heavy atom. The first kappa shape index (κ1) is 18.6. The van der Waals surface area contributed by atoms with Crippen LogP contribution >= 0.6 is 23.1 Å². The number of carbonyl (C=O) groups excluding carboxylic acids is 1. The van der Waals surface area contributed by atoms with E-state index >= 15 is 0 Å². The molecule has 0 aliphatic heterocycles. The molecule has 0 saturated heterocycles. The van der Waals surface area contributed by atoms with Crippen LogP contribution in [0.2, 0.25) is 0 Å². The van der Waals surface area contributed by atoms with Crippen molar-refractivity contribution < 1.29 is 4.79 Å². The van der Waals surface area contributed by atoms with Crippen LogP contribution in [0.25, 0.3) is 22.2 Å². The topological polar surface area (TPSA) is 67.8 Å². The van der Waals surface area contributed by atoms with Gasteiger partial charge in [0.2, 0.25) is 5.91 Å². The van der Waals surface area contributed by atoms with Crippen LogP contribution in [-0.2, 0) is 4.79 Å². The number of benzene rings is 2. The van der Waals surface area contributed by atoms with Crippen LogP contribution in [0.1, 0.15) is 10.8 Å². The molecule has 140 valence electrons. The number of thiazole rings is 1. The number of amides is 1. The smallest absolute Gasteiger partial charge is 0.234 e. The fourth-order valence-electron chi connectivity index (χ4n) is 2.85. The standard InChI is InChI=1S/C21H18N4OS2/c1-13-22-18-9-4-3-8-17(18)21(23-13)28-12-20(26)25-16-7-5-6-15(10-16)19-11-27-14(2)24-19/h3-11H,12H2,1-2H3,(H,25,26). The Morgan fingerprint density at radius 1 is 1.07 bits per heavy atom. The van der Waals surface area contributed by atoms with Crippen LogP contribution in [0.4, 0.5) is 5.69 Å². The number of thioether (sulfide) groups is 1. The molecule has 0 atom stereocenters. The Balaban J connectivity index is 1.46. The number of nitrogens with one attached hydrogen (secondary N) is 1. The van der Waals surface area contributed by atoms with Gasteiger partial charge in [0.05, 0.1) is 22.0 Å². The highest BCUT2D eigenvalue weighted by Crippen LogP contribution is 2.26. The summed E-state index contributed by atoms with van der Waals surface area (Å²) in [6.07, 6.45) is 0. The van der Waals surface area contributed by atoms with Crippen molar-refractivity contribution in [2.75, 3.05) is 11.1 Å². The summed E-state index contributed by atoms with van der Waals surface area (Å²) in [6, 6.07) is 15.6. The third-order valence-corrected chi connectivity index (χ3v) is 5.85. The summed E-state index contributed by atoms with van der Waals surface area (Å²) < 4.78 is 0. The summed E-state index contributed by atoms with van der Waals surface area (Å²) in [5.41, 5.74) is 3.57. The van der Waals surface area contributed by atoms with Gasteiger partial charge in [0.15, 0.2) is 0 Å². The summed E-state index contributed by atoms with van der Waals surface area (Å²) in [7, 11) is 0. The monoisotopic (exact) mass is 406 g/mol. The van der Waals surface area contributed by atoms with E-state index in [1.807, 2.05) is 67.8 Å². The zero-order valence-electron chi connectivity index (χ0n) is 15.5. The molecule has 0 aliphatic rings. The maximum atomic E-state index is 12.5. The number of anilines is 1. The van der Waals surface area contributed by atoms with E-state index in [1.54, 1.807) is 11.3 Å². The number of para-hydroxylation sites is 1. The third-order valence-electron chi connectivity index (χ3n) is 4.08. The zero-order chi connectivity index (χ0) is 19.5. The predicted octanol–water partition coefficient (Wildman–Crippen LogP) is 5.10. The predicted molar refractivity (Wildman–Crippen MR) is 116 cm³/mol. The van der Waals surface area contributed by atoms with Gasteiger partial charge in [0, 0.05) is 22.0 Å². The van der Waals surface area contributed by atoms with Gasteiger partial charge in [0.1, 0.15) is 10.9 Å². The molecule has 5 nitrogen and oxygen atoms in total. The molecule has 28 heavy (non-hydrogen) atoms. The molecule has 4 rings (SSSR count). The molecule has 2 heterocycles. The van der Waals surface area contributed by atoms with Crippen molar-refractivity contribution in [1.29, 1.82) is 0 Å². The lowest BCUT2D eigenvalue weighted by Crippen LogP contribution is -2.14. The molecule has 0 bridgehead atoms. The highest BCUT2D eigenvalue weighted by Gasteiger charge is 2.10. The van der Waals surface area contributed by atoms with Crippen molar-refractivity contribution in [1.82, 2.24) is 15.0 Å². The second kappa shape index (κ2) is 8.08. The van der Waals surface area contributed by atoms with Crippen LogP contribution < -0.4 is 5.32 Å². The molecular weight excluding hydrogens is 388 g/mol. The minimum atomic E-state index is -0.0723. The number of hydrogen-bond donors (Lipinski definition) is 1. The Bertz CT molecular complexity index is 1160. The first-order valence-corrected chi connectivity index (χ1v) is 10.6. The van der Waals surface area contributed by atoms with E-state index in [0.29, 0.717) is 5.82 Å². The van der Waals surface area contributed by atoms with Gasteiger partial charge >= 0.3 is 0 Å². The van der Waals surface area contributed by atoms with Crippen molar-refractivity contribution in [3.05, 3.63) is 64.7 Å². The summed E-state index contributed by atoms with van der Waals surface area (Å²) in [5, 5.41) is 7.80. The fourth-order valence-corrected chi connectivity index (χ4v) is 4.34. The molecule has 2 aromatic carbocycles. The second-order valence-electron chi connectivity index (χ2n) is 6.26. The lowest BCUT2D eigenvalue weighted by atomic mass is 10.1. The number of nitrogens with zero attached hydrogens (tertiary/aromatic N) is 3. The molecule has 7 heteroatoms. The van der Waals surface area contributed by atoms with Crippen molar-refractivity contribution in [2.45, 2.75) is 18.9 Å². The van der Waals surface area contributed by atoms with Gasteiger partial charge in [-0.3, -0.25) is 4.79 Å². The first-order valence-electron chi connectivity index (χ1n) is 8.77. The molecule has 2 aromatic heterocycles. The van der Waals surface area contributed by atoms with E-state index < -0.39 is 0 Å². The molecule has 1 amide bonds. The largest absolute Gasteiger partial charge is 0.325 e. The van der Waals surface area contributed by atoms with Crippen molar-refractivity contribution in [3.63, 3.8) is 0 Å². The molecular formula is C21H18N4OS2. The van der Waals surface area contributed by atoms with E-state index in [2.05, 4.69) is 20.3 Å². The molecule has 0 unspecified atom stereocenters. The van der Waals surface area contributed by atoms with E-state index in [9.17, 15) is 4.79 Å². The Morgan fingerprint density at radius 3 is 2.75 bits per heavy atom. The number of aryl methyl sites for hydroxylation is 2. The highest BCUT2D eigenvalue weighted by molar-refractivity contribution is 8.00. The lowest BCUT2D eigenvalue weighted by molar-refractivity contribution is -0.113. The number of fused-ring (bicyclic) bond motifs is 1. The van der Waals surface area contributed by atoms with Gasteiger partial charge < -0.3 is 5.32 Å². The fraction of sp³-hybridized carbons (Fsp3) is 0.143. The van der Waals surface area contributed by atoms with Crippen LogP contribution in [0.15, 0.2) is 58.9 Å². The molecule has 4 aromatic rings. The average Bonchev–Trinajstić information content (AvgIpc) is 3.12.